The Bertz CT molecular complexity index is 548. The van der Waals surface area contributed by atoms with Gasteiger partial charge in [-0.2, -0.15) is 0 Å². The molecule has 0 saturated carbocycles. The number of nitrogens with two attached hydrogens (primary N) is 1. The molecule has 1 aromatic rings. The van der Waals surface area contributed by atoms with E-state index in [0.717, 1.165) is 5.56 Å². The predicted molar refractivity (Wildman–Crippen MR) is 82.4 cm³/mol. The normalized spacial score (nSPS) is 12.2. The minimum absolute atomic E-state index is 0.0607. The number of sulfonamides is 1. The molecule has 0 fully saturated rings. The van der Waals surface area contributed by atoms with Gasteiger partial charge in [-0.25, -0.2) is 8.42 Å². The summed E-state index contributed by atoms with van der Waals surface area (Å²) in [6.45, 7) is 8.38. The van der Waals surface area contributed by atoms with Crippen molar-refractivity contribution in [1.29, 1.82) is 0 Å². The Balaban J connectivity index is 2.93. The highest BCUT2D eigenvalue weighted by Crippen LogP contribution is 2.24. The summed E-state index contributed by atoms with van der Waals surface area (Å²) in [5.41, 5.74) is 6.65. The largest absolute Gasteiger partial charge is 0.494 e. The first-order valence-electron chi connectivity index (χ1n) is 6.63. The summed E-state index contributed by atoms with van der Waals surface area (Å²) in [5.74, 6) is 0.749. The van der Waals surface area contributed by atoms with E-state index in [9.17, 15) is 8.42 Å². The first-order chi connectivity index (χ1) is 9.17. The maximum Gasteiger partial charge on any atom is 0.233 e. The number of hydrogen-bond donors (Lipinski definition) is 2. The van der Waals surface area contributed by atoms with Crippen molar-refractivity contribution in [2.45, 2.75) is 34.2 Å². The molecule has 0 bridgehead atoms. The number of anilines is 1. The summed E-state index contributed by atoms with van der Waals surface area (Å²) in [5, 5.41) is 0. The van der Waals surface area contributed by atoms with Gasteiger partial charge in [0.15, 0.2) is 0 Å². The number of benzene rings is 1. The Morgan fingerprint density at radius 1 is 1.30 bits per heavy atom. The third-order valence-corrected chi connectivity index (χ3v) is 4.27. The Morgan fingerprint density at radius 3 is 2.45 bits per heavy atom. The number of hydrogen-bond acceptors (Lipinski definition) is 4. The minimum Gasteiger partial charge on any atom is -0.494 e. The van der Waals surface area contributed by atoms with E-state index >= 15 is 0 Å². The first-order valence-corrected chi connectivity index (χ1v) is 8.28. The smallest absolute Gasteiger partial charge is 0.233 e. The van der Waals surface area contributed by atoms with Crippen LogP contribution in [0.2, 0.25) is 0 Å². The summed E-state index contributed by atoms with van der Waals surface area (Å²) in [7, 11) is -3.37. The van der Waals surface area contributed by atoms with Crippen LogP contribution in [0.15, 0.2) is 18.2 Å². The molecule has 0 aromatic heterocycles. The van der Waals surface area contributed by atoms with Crippen LogP contribution in [0.3, 0.4) is 0 Å². The van der Waals surface area contributed by atoms with E-state index in [2.05, 4.69) is 4.72 Å². The second-order valence-electron chi connectivity index (χ2n) is 5.88. The van der Waals surface area contributed by atoms with Crippen molar-refractivity contribution in [3.8, 4) is 5.75 Å². The van der Waals surface area contributed by atoms with E-state index in [4.69, 9.17) is 10.5 Å². The molecular weight excluding hydrogens is 276 g/mol. The Hall–Kier alpha value is -1.27. The fourth-order valence-corrected chi connectivity index (χ4v) is 3.58. The van der Waals surface area contributed by atoms with Crippen LogP contribution in [-0.4, -0.2) is 20.8 Å². The van der Waals surface area contributed by atoms with Crippen molar-refractivity contribution in [2.75, 3.05) is 17.1 Å². The van der Waals surface area contributed by atoms with Crippen LogP contribution < -0.4 is 15.2 Å². The molecule has 0 saturated heterocycles. The van der Waals surface area contributed by atoms with Gasteiger partial charge in [0.1, 0.15) is 5.75 Å². The van der Waals surface area contributed by atoms with Gasteiger partial charge in [-0.3, -0.25) is 4.72 Å². The molecule has 6 heteroatoms. The second kappa shape index (κ2) is 6.45. The van der Waals surface area contributed by atoms with Gasteiger partial charge in [0, 0.05) is 17.8 Å². The van der Waals surface area contributed by atoms with Crippen LogP contribution in [0.1, 0.15) is 33.3 Å². The molecule has 1 rings (SSSR count). The van der Waals surface area contributed by atoms with Crippen molar-refractivity contribution >= 4 is 15.7 Å². The van der Waals surface area contributed by atoms with E-state index in [-0.39, 0.29) is 11.2 Å². The lowest BCUT2D eigenvalue weighted by molar-refractivity contribution is 0.336. The number of nitrogens with one attached hydrogen (secondary N) is 1. The molecule has 5 nitrogen and oxygen atoms in total. The quantitative estimate of drug-likeness (QED) is 0.845. The SMILES string of the molecule is CCOc1ccc(NS(=O)(=O)CC(C)(C)C)cc1CN. The molecule has 114 valence electrons. The molecule has 20 heavy (non-hydrogen) atoms. The monoisotopic (exact) mass is 300 g/mol. The number of rotatable bonds is 6. The van der Waals surface area contributed by atoms with E-state index in [1.54, 1.807) is 18.2 Å². The third kappa shape index (κ3) is 5.38. The van der Waals surface area contributed by atoms with Crippen LogP contribution in [0.25, 0.3) is 0 Å². The van der Waals surface area contributed by atoms with Crippen LogP contribution >= 0.6 is 0 Å². The molecule has 1 aromatic carbocycles. The third-order valence-electron chi connectivity index (χ3n) is 2.48. The van der Waals surface area contributed by atoms with Gasteiger partial charge in [-0.05, 0) is 30.5 Å². The summed E-state index contributed by atoms with van der Waals surface area (Å²) >= 11 is 0. The summed E-state index contributed by atoms with van der Waals surface area (Å²) in [6.07, 6.45) is 0. The van der Waals surface area contributed by atoms with Gasteiger partial charge in [-0.1, -0.05) is 20.8 Å². The van der Waals surface area contributed by atoms with Gasteiger partial charge >= 0.3 is 0 Å². The molecule has 0 heterocycles. The zero-order chi connectivity index (χ0) is 15.4. The summed E-state index contributed by atoms with van der Waals surface area (Å²) in [4.78, 5) is 0. The Labute approximate surface area is 121 Å². The van der Waals surface area contributed by atoms with E-state index < -0.39 is 10.0 Å². The standard InChI is InChI=1S/C14H24N2O3S/c1-5-19-13-7-6-12(8-11(13)9-15)16-20(17,18)10-14(2,3)4/h6-8,16H,5,9-10,15H2,1-4H3. The van der Waals surface area contributed by atoms with Crippen LogP contribution in [0.5, 0.6) is 5.75 Å². The van der Waals surface area contributed by atoms with E-state index in [1.807, 2.05) is 27.7 Å². The second-order valence-corrected chi connectivity index (χ2v) is 7.60. The first kappa shape index (κ1) is 16.8. The maximum absolute atomic E-state index is 12.1. The minimum atomic E-state index is -3.37. The van der Waals surface area contributed by atoms with E-state index in [0.29, 0.717) is 24.6 Å². The van der Waals surface area contributed by atoms with Crippen molar-refractivity contribution in [3.63, 3.8) is 0 Å². The molecule has 0 aliphatic rings. The average molecular weight is 300 g/mol. The molecule has 0 aliphatic carbocycles. The van der Waals surface area contributed by atoms with Crippen LogP contribution in [-0.2, 0) is 16.6 Å². The summed E-state index contributed by atoms with van der Waals surface area (Å²) < 4.78 is 32.1. The molecule has 0 unspecified atom stereocenters. The maximum atomic E-state index is 12.1. The zero-order valence-corrected chi connectivity index (χ0v) is 13.4. The molecular formula is C14H24N2O3S. The predicted octanol–water partition coefficient (Wildman–Crippen LogP) is 2.33. The van der Waals surface area contributed by atoms with Crippen molar-refractivity contribution in [1.82, 2.24) is 0 Å². The average Bonchev–Trinajstić information content (AvgIpc) is 2.27. The Kier molecular flexibility index (Phi) is 5.42. The van der Waals surface area contributed by atoms with Crippen LogP contribution in [0, 0.1) is 5.41 Å². The van der Waals surface area contributed by atoms with Gasteiger partial charge in [0.2, 0.25) is 10.0 Å². The fraction of sp³-hybridized carbons (Fsp3) is 0.571. The fourth-order valence-electron chi connectivity index (χ4n) is 1.88. The van der Waals surface area contributed by atoms with Gasteiger partial charge in [0.25, 0.3) is 0 Å². The topological polar surface area (TPSA) is 81.4 Å². The molecule has 0 aliphatic heterocycles. The van der Waals surface area contributed by atoms with Crippen LogP contribution in [0.4, 0.5) is 5.69 Å². The zero-order valence-electron chi connectivity index (χ0n) is 12.6. The molecule has 0 amide bonds. The highest BCUT2D eigenvalue weighted by atomic mass is 32.2. The van der Waals surface area contributed by atoms with Crippen molar-refractivity contribution in [2.24, 2.45) is 11.1 Å². The highest BCUT2D eigenvalue weighted by molar-refractivity contribution is 7.92. The lowest BCUT2D eigenvalue weighted by Gasteiger charge is -2.19. The van der Waals surface area contributed by atoms with Crippen molar-refractivity contribution in [3.05, 3.63) is 23.8 Å². The number of ether oxygens (including phenoxy) is 1. The highest BCUT2D eigenvalue weighted by Gasteiger charge is 2.21. The molecule has 0 radical (unpaired) electrons. The lowest BCUT2D eigenvalue weighted by Crippen LogP contribution is -2.26. The van der Waals surface area contributed by atoms with Gasteiger partial charge in [0.05, 0.1) is 12.4 Å². The lowest BCUT2D eigenvalue weighted by atomic mass is 10.0. The molecule has 0 atom stereocenters. The van der Waals surface area contributed by atoms with Gasteiger partial charge < -0.3 is 10.5 Å². The Morgan fingerprint density at radius 2 is 1.95 bits per heavy atom. The van der Waals surface area contributed by atoms with Gasteiger partial charge in [-0.15, -0.1) is 0 Å². The van der Waals surface area contributed by atoms with Crippen molar-refractivity contribution < 1.29 is 13.2 Å². The molecule has 0 spiro atoms. The molecule has 3 N–H and O–H groups in total. The summed E-state index contributed by atoms with van der Waals surface area (Å²) in [6, 6.07) is 5.14. The van der Waals surface area contributed by atoms with E-state index in [1.165, 1.54) is 0 Å².